The van der Waals surface area contributed by atoms with E-state index in [1.54, 1.807) is 0 Å². The molecule has 1 aliphatic rings. The molecule has 1 saturated heterocycles. The van der Waals surface area contributed by atoms with Gasteiger partial charge in [0.2, 0.25) is 0 Å². The molecule has 3 aromatic rings. The third kappa shape index (κ3) is 3.20. The summed E-state index contributed by atoms with van der Waals surface area (Å²) in [6.07, 6.45) is 0.349. The van der Waals surface area contributed by atoms with Crippen LogP contribution in [0.2, 0.25) is 4.34 Å². The Morgan fingerprint density at radius 1 is 1.04 bits per heavy atom. The molecule has 0 spiro atoms. The maximum atomic E-state index is 13.4. The fraction of sp³-hybridized carbons (Fsp3) is 0.158. The molecule has 6 nitrogen and oxygen atoms in total. The Morgan fingerprint density at radius 3 is 2.33 bits per heavy atom. The number of hydrogen-bond donors (Lipinski definition) is 1. The molecule has 1 N–H and O–H groups in total. The van der Waals surface area contributed by atoms with E-state index in [9.17, 15) is 9.59 Å². The van der Waals surface area contributed by atoms with Gasteiger partial charge in [0.1, 0.15) is 10.0 Å². The summed E-state index contributed by atoms with van der Waals surface area (Å²) in [7, 11) is 0. The highest BCUT2D eigenvalue weighted by Crippen LogP contribution is 2.34. The zero-order valence-electron chi connectivity index (χ0n) is 14.1. The SMILES string of the molecule is O=C1N[C@](Cc2ccccc2)(c2ccccc2)C(=O)N1Cc1nnsc1Cl. The van der Waals surface area contributed by atoms with Crippen LogP contribution in [0.1, 0.15) is 16.8 Å². The quantitative estimate of drug-likeness (QED) is 0.668. The largest absolute Gasteiger partial charge is 0.325 e. The first kappa shape index (κ1) is 17.6. The number of benzene rings is 2. The molecule has 0 bridgehead atoms. The van der Waals surface area contributed by atoms with Crippen LogP contribution in [0.3, 0.4) is 0 Å². The molecular formula is C19H15ClN4O2S. The van der Waals surface area contributed by atoms with Gasteiger partial charge in [-0.05, 0) is 11.1 Å². The van der Waals surface area contributed by atoms with E-state index in [-0.39, 0.29) is 12.5 Å². The lowest BCUT2D eigenvalue weighted by Crippen LogP contribution is -2.46. The van der Waals surface area contributed by atoms with Gasteiger partial charge in [0.05, 0.1) is 6.54 Å². The smallest absolute Gasteiger partial charge is 0.319 e. The van der Waals surface area contributed by atoms with Crippen LogP contribution in [0.15, 0.2) is 60.7 Å². The van der Waals surface area contributed by atoms with Crippen molar-refractivity contribution in [3.05, 3.63) is 81.8 Å². The van der Waals surface area contributed by atoms with Crippen molar-refractivity contribution in [2.45, 2.75) is 18.5 Å². The zero-order chi connectivity index (χ0) is 18.9. The first-order valence-corrected chi connectivity index (χ1v) is 9.45. The summed E-state index contributed by atoms with van der Waals surface area (Å²) >= 11 is 7.08. The summed E-state index contributed by atoms with van der Waals surface area (Å²) in [6.45, 7) is -0.0105. The van der Waals surface area contributed by atoms with Crippen LogP contribution in [0.25, 0.3) is 0 Å². The molecule has 4 rings (SSSR count). The van der Waals surface area contributed by atoms with E-state index in [4.69, 9.17) is 11.6 Å². The number of halogens is 1. The average molecular weight is 399 g/mol. The van der Waals surface area contributed by atoms with Crippen molar-refractivity contribution in [1.82, 2.24) is 19.8 Å². The number of imide groups is 1. The molecule has 1 aliphatic heterocycles. The predicted molar refractivity (Wildman–Crippen MR) is 102 cm³/mol. The number of nitrogens with zero attached hydrogens (tertiary/aromatic N) is 3. The summed E-state index contributed by atoms with van der Waals surface area (Å²) in [5.74, 6) is -0.327. The Bertz CT molecular complexity index is 980. The Hall–Kier alpha value is -2.77. The lowest BCUT2D eigenvalue weighted by atomic mass is 9.83. The molecule has 136 valence electrons. The van der Waals surface area contributed by atoms with Crippen molar-refractivity contribution in [2.24, 2.45) is 0 Å². The topological polar surface area (TPSA) is 75.2 Å². The normalized spacial score (nSPS) is 19.4. The van der Waals surface area contributed by atoms with Gasteiger partial charge in [-0.15, -0.1) is 5.10 Å². The van der Waals surface area contributed by atoms with E-state index < -0.39 is 11.6 Å². The molecule has 27 heavy (non-hydrogen) atoms. The monoisotopic (exact) mass is 398 g/mol. The Balaban J connectivity index is 1.74. The molecule has 1 fully saturated rings. The van der Waals surface area contributed by atoms with Gasteiger partial charge >= 0.3 is 6.03 Å². The van der Waals surface area contributed by atoms with Gasteiger partial charge < -0.3 is 5.32 Å². The van der Waals surface area contributed by atoms with Crippen LogP contribution in [0, 0.1) is 0 Å². The van der Waals surface area contributed by atoms with Crippen molar-refractivity contribution < 1.29 is 9.59 Å². The van der Waals surface area contributed by atoms with Crippen LogP contribution < -0.4 is 5.32 Å². The van der Waals surface area contributed by atoms with Crippen LogP contribution >= 0.6 is 23.1 Å². The van der Waals surface area contributed by atoms with E-state index in [1.165, 1.54) is 0 Å². The number of nitrogens with one attached hydrogen (secondary N) is 1. The highest BCUT2D eigenvalue weighted by atomic mass is 35.5. The van der Waals surface area contributed by atoms with Crippen LogP contribution in [-0.2, 0) is 23.3 Å². The van der Waals surface area contributed by atoms with E-state index in [2.05, 4.69) is 14.9 Å². The van der Waals surface area contributed by atoms with Gasteiger partial charge in [0.15, 0.2) is 5.54 Å². The fourth-order valence-corrected chi connectivity index (χ4v) is 3.86. The third-order valence-corrected chi connectivity index (χ3v) is 5.56. The first-order valence-electron chi connectivity index (χ1n) is 8.30. The number of urea groups is 1. The molecule has 0 aliphatic carbocycles. The van der Waals surface area contributed by atoms with E-state index in [1.807, 2.05) is 60.7 Å². The number of amides is 3. The number of aromatic nitrogens is 2. The standard InChI is InChI=1S/C19H15ClN4O2S/c20-16-15(22-23-27-16)12-24-17(25)19(21-18(24)26,14-9-5-2-6-10-14)11-13-7-3-1-4-8-13/h1-10H,11-12H2,(H,21,26)/t19-/m1/s1. The molecule has 2 aromatic carbocycles. The minimum Gasteiger partial charge on any atom is -0.319 e. The highest BCUT2D eigenvalue weighted by Gasteiger charge is 2.52. The molecule has 0 unspecified atom stereocenters. The van der Waals surface area contributed by atoms with Crippen molar-refractivity contribution in [2.75, 3.05) is 0 Å². The molecular weight excluding hydrogens is 384 g/mol. The third-order valence-electron chi connectivity index (χ3n) is 4.57. The second-order valence-electron chi connectivity index (χ2n) is 6.25. The van der Waals surface area contributed by atoms with E-state index >= 15 is 0 Å². The number of carbonyl (C=O) groups excluding carboxylic acids is 2. The van der Waals surface area contributed by atoms with Crippen LogP contribution in [0.4, 0.5) is 4.79 Å². The number of rotatable bonds is 5. The van der Waals surface area contributed by atoms with Crippen molar-refractivity contribution >= 4 is 35.1 Å². The second-order valence-corrected chi connectivity index (χ2v) is 7.60. The molecule has 1 atom stereocenters. The predicted octanol–water partition coefficient (Wildman–Crippen LogP) is 3.38. The molecule has 0 saturated carbocycles. The van der Waals surface area contributed by atoms with Crippen LogP contribution in [-0.4, -0.2) is 26.4 Å². The maximum absolute atomic E-state index is 13.4. The van der Waals surface area contributed by atoms with Crippen molar-refractivity contribution in [3.8, 4) is 0 Å². The van der Waals surface area contributed by atoms with Gasteiger partial charge in [0.25, 0.3) is 5.91 Å². The van der Waals surface area contributed by atoms with Gasteiger partial charge in [-0.1, -0.05) is 76.8 Å². The van der Waals surface area contributed by atoms with E-state index in [0.29, 0.717) is 16.5 Å². The summed E-state index contributed by atoms with van der Waals surface area (Å²) in [4.78, 5) is 27.3. The van der Waals surface area contributed by atoms with Crippen LogP contribution in [0.5, 0.6) is 0 Å². The second kappa shape index (κ2) is 7.09. The zero-order valence-corrected chi connectivity index (χ0v) is 15.7. The molecule has 8 heteroatoms. The number of carbonyl (C=O) groups is 2. The Labute approximate surface area is 164 Å². The molecule has 3 amide bonds. The lowest BCUT2D eigenvalue weighted by Gasteiger charge is -2.27. The maximum Gasteiger partial charge on any atom is 0.325 e. The summed E-state index contributed by atoms with van der Waals surface area (Å²) < 4.78 is 4.14. The Kier molecular flexibility index (Phi) is 4.63. The average Bonchev–Trinajstić information content (AvgIpc) is 3.20. The first-order chi connectivity index (χ1) is 13.1. The van der Waals surface area contributed by atoms with Crippen molar-refractivity contribution in [1.29, 1.82) is 0 Å². The van der Waals surface area contributed by atoms with E-state index in [0.717, 1.165) is 27.6 Å². The molecule has 2 heterocycles. The molecule has 0 radical (unpaired) electrons. The fourth-order valence-electron chi connectivity index (χ4n) is 3.25. The minimum absolute atomic E-state index is 0.0105. The van der Waals surface area contributed by atoms with Gasteiger partial charge in [-0.2, -0.15) is 0 Å². The Morgan fingerprint density at radius 2 is 1.70 bits per heavy atom. The highest BCUT2D eigenvalue weighted by molar-refractivity contribution is 7.10. The van der Waals surface area contributed by atoms with Gasteiger partial charge in [-0.3, -0.25) is 9.69 Å². The minimum atomic E-state index is -1.17. The summed E-state index contributed by atoms with van der Waals surface area (Å²) in [6, 6.07) is 18.4. The van der Waals surface area contributed by atoms with Crippen molar-refractivity contribution in [3.63, 3.8) is 0 Å². The summed E-state index contributed by atoms with van der Waals surface area (Å²) in [5, 5.41) is 6.83. The van der Waals surface area contributed by atoms with Gasteiger partial charge in [0, 0.05) is 18.0 Å². The lowest BCUT2D eigenvalue weighted by molar-refractivity contribution is -0.132. The molecule has 1 aromatic heterocycles. The number of hydrogen-bond acceptors (Lipinski definition) is 5. The van der Waals surface area contributed by atoms with Gasteiger partial charge in [-0.25, -0.2) is 4.79 Å². The summed E-state index contributed by atoms with van der Waals surface area (Å²) in [5.41, 5.74) is 0.923.